The Morgan fingerprint density at radius 2 is 2.19 bits per heavy atom. The monoisotopic (exact) mass is 217 g/mol. The van der Waals surface area contributed by atoms with Gasteiger partial charge in [0.25, 0.3) is 0 Å². The second-order valence-corrected chi connectivity index (χ2v) is 3.73. The van der Waals surface area contributed by atoms with Crippen LogP contribution in [0.15, 0.2) is 24.7 Å². The number of nitrogen functional groups attached to an aromatic ring is 1. The molecule has 2 aromatic heterocycles. The molecule has 0 fully saturated rings. The maximum Gasteiger partial charge on any atom is 0.150 e. The van der Waals surface area contributed by atoms with E-state index >= 15 is 0 Å². The van der Waals surface area contributed by atoms with Gasteiger partial charge in [0, 0.05) is 18.6 Å². The average molecular weight is 217 g/mol. The van der Waals surface area contributed by atoms with Gasteiger partial charge in [0.1, 0.15) is 11.6 Å². The number of nitrogens with two attached hydrogens (primary N) is 1. The fourth-order valence-electron chi connectivity index (χ4n) is 1.47. The van der Waals surface area contributed by atoms with Crippen LogP contribution in [-0.2, 0) is 0 Å². The normalized spacial score (nSPS) is 12.4. The van der Waals surface area contributed by atoms with Gasteiger partial charge < -0.3 is 16.0 Å². The maximum atomic E-state index is 5.93. The highest BCUT2D eigenvalue weighted by atomic mass is 15.1. The molecule has 0 aliphatic heterocycles. The first-order valence-corrected chi connectivity index (χ1v) is 5.15. The van der Waals surface area contributed by atoms with E-state index in [9.17, 15) is 0 Å². The summed E-state index contributed by atoms with van der Waals surface area (Å²) in [6.07, 6.45) is 5.25. The molecule has 0 radical (unpaired) electrons. The number of pyridine rings is 1. The highest BCUT2D eigenvalue weighted by molar-refractivity contribution is 5.65. The van der Waals surface area contributed by atoms with Gasteiger partial charge in [-0.2, -0.15) is 0 Å². The Bertz CT molecular complexity index is 463. The van der Waals surface area contributed by atoms with Crippen molar-refractivity contribution in [1.82, 2.24) is 15.0 Å². The van der Waals surface area contributed by atoms with Gasteiger partial charge in [-0.15, -0.1) is 0 Å². The third-order valence-electron chi connectivity index (χ3n) is 2.49. The molecule has 1 atom stereocenters. The van der Waals surface area contributed by atoms with Crippen LogP contribution in [0.4, 0.5) is 11.5 Å². The van der Waals surface area contributed by atoms with Gasteiger partial charge in [-0.25, -0.2) is 9.97 Å². The van der Waals surface area contributed by atoms with Crippen LogP contribution in [-0.4, -0.2) is 15.0 Å². The summed E-state index contributed by atoms with van der Waals surface area (Å²) in [7, 11) is 0. The average Bonchev–Trinajstić information content (AvgIpc) is 2.78. The Balaban J connectivity index is 2.18. The largest absolute Gasteiger partial charge is 0.396 e. The molecule has 0 aliphatic carbocycles. The van der Waals surface area contributed by atoms with Crippen LogP contribution >= 0.6 is 0 Å². The number of anilines is 2. The third kappa shape index (κ3) is 1.98. The van der Waals surface area contributed by atoms with Crippen LogP contribution in [0.1, 0.15) is 24.4 Å². The van der Waals surface area contributed by atoms with Gasteiger partial charge in [-0.1, -0.05) is 0 Å². The Morgan fingerprint density at radius 1 is 1.38 bits per heavy atom. The molecular formula is C11H15N5. The van der Waals surface area contributed by atoms with Gasteiger partial charge >= 0.3 is 0 Å². The number of nitrogens with one attached hydrogen (secondary N) is 2. The highest BCUT2D eigenvalue weighted by Crippen LogP contribution is 2.22. The van der Waals surface area contributed by atoms with Crippen molar-refractivity contribution in [3.05, 3.63) is 36.0 Å². The van der Waals surface area contributed by atoms with E-state index in [-0.39, 0.29) is 6.04 Å². The Hall–Kier alpha value is -2.04. The van der Waals surface area contributed by atoms with Crippen molar-refractivity contribution in [3.63, 3.8) is 0 Å². The lowest BCUT2D eigenvalue weighted by atomic mass is 10.2. The Labute approximate surface area is 94.1 Å². The molecule has 5 nitrogen and oxygen atoms in total. The minimum absolute atomic E-state index is 0.0478. The number of H-pyrrole nitrogens is 1. The summed E-state index contributed by atoms with van der Waals surface area (Å²) in [4.78, 5) is 11.4. The van der Waals surface area contributed by atoms with E-state index in [1.165, 1.54) is 0 Å². The zero-order chi connectivity index (χ0) is 11.5. The maximum absolute atomic E-state index is 5.93. The Kier molecular flexibility index (Phi) is 2.76. The number of aryl methyl sites for hydroxylation is 1. The molecule has 0 saturated carbocycles. The molecule has 2 heterocycles. The lowest BCUT2D eigenvalue weighted by Crippen LogP contribution is -2.11. The van der Waals surface area contributed by atoms with Gasteiger partial charge in [-0.3, -0.25) is 0 Å². The SMILES string of the molecule is Cc1ccnc(NC(C)c2ncc[nH]2)c1N. The van der Waals surface area contributed by atoms with Crippen LogP contribution in [0.25, 0.3) is 0 Å². The van der Waals surface area contributed by atoms with E-state index in [0.717, 1.165) is 11.4 Å². The number of aromatic nitrogens is 3. The molecule has 0 bridgehead atoms. The standard InChI is InChI=1S/C11H15N5/c1-7-3-4-13-11(9(7)12)16-8(2)10-14-5-6-15-10/h3-6,8H,12H2,1-2H3,(H,13,16)(H,14,15). The van der Waals surface area contributed by atoms with Crippen molar-refractivity contribution in [1.29, 1.82) is 0 Å². The van der Waals surface area contributed by atoms with E-state index in [2.05, 4.69) is 20.3 Å². The molecule has 0 aromatic carbocycles. The minimum Gasteiger partial charge on any atom is -0.396 e. The van der Waals surface area contributed by atoms with Gasteiger partial charge in [0.2, 0.25) is 0 Å². The fraction of sp³-hybridized carbons (Fsp3) is 0.273. The predicted molar refractivity (Wildman–Crippen MR) is 64.0 cm³/mol. The number of imidazole rings is 1. The molecule has 0 spiro atoms. The summed E-state index contributed by atoms with van der Waals surface area (Å²) in [6, 6.07) is 1.93. The van der Waals surface area contributed by atoms with Crippen molar-refractivity contribution >= 4 is 11.5 Å². The number of hydrogen-bond acceptors (Lipinski definition) is 4. The van der Waals surface area contributed by atoms with Gasteiger partial charge in [-0.05, 0) is 25.5 Å². The first kappa shape index (κ1) is 10.5. The Morgan fingerprint density at radius 3 is 2.88 bits per heavy atom. The molecule has 16 heavy (non-hydrogen) atoms. The second-order valence-electron chi connectivity index (χ2n) is 3.73. The van der Waals surface area contributed by atoms with Crippen molar-refractivity contribution in [3.8, 4) is 0 Å². The molecule has 2 aromatic rings. The lowest BCUT2D eigenvalue weighted by Gasteiger charge is -2.14. The molecule has 0 aliphatic rings. The molecule has 0 saturated heterocycles. The van der Waals surface area contributed by atoms with Gasteiger partial charge in [0.05, 0.1) is 11.7 Å². The second kappa shape index (κ2) is 4.22. The molecule has 84 valence electrons. The van der Waals surface area contributed by atoms with Crippen molar-refractivity contribution < 1.29 is 0 Å². The van der Waals surface area contributed by atoms with E-state index in [4.69, 9.17) is 5.73 Å². The molecule has 0 amide bonds. The van der Waals surface area contributed by atoms with Crippen LogP contribution in [0.5, 0.6) is 0 Å². The number of hydrogen-bond donors (Lipinski definition) is 3. The van der Waals surface area contributed by atoms with Crippen molar-refractivity contribution in [2.45, 2.75) is 19.9 Å². The summed E-state index contributed by atoms with van der Waals surface area (Å²) < 4.78 is 0. The third-order valence-corrected chi connectivity index (χ3v) is 2.49. The molecule has 1 unspecified atom stereocenters. The number of rotatable bonds is 3. The summed E-state index contributed by atoms with van der Waals surface area (Å²) >= 11 is 0. The predicted octanol–water partition coefficient (Wildman–Crippen LogP) is 1.87. The zero-order valence-electron chi connectivity index (χ0n) is 9.36. The molecular weight excluding hydrogens is 202 g/mol. The first-order valence-electron chi connectivity index (χ1n) is 5.15. The molecule has 2 rings (SSSR count). The van der Waals surface area contributed by atoms with E-state index in [1.54, 1.807) is 18.6 Å². The molecule has 5 heteroatoms. The topological polar surface area (TPSA) is 79.6 Å². The van der Waals surface area contributed by atoms with E-state index in [0.29, 0.717) is 11.5 Å². The number of aromatic amines is 1. The minimum atomic E-state index is 0.0478. The lowest BCUT2D eigenvalue weighted by molar-refractivity contribution is 0.804. The van der Waals surface area contributed by atoms with Crippen molar-refractivity contribution in [2.75, 3.05) is 11.1 Å². The fourth-order valence-corrected chi connectivity index (χ4v) is 1.47. The van der Waals surface area contributed by atoms with E-state index < -0.39 is 0 Å². The summed E-state index contributed by atoms with van der Waals surface area (Å²) in [5, 5.41) is 3.22. The summed E-state index contributed by atoms with van der Waals surface area (Å²) in [6.45, 7) is 3.96. The number of nitrogens with zero attached hydrogens (tertiary/aromatic N) is 2. The summed E-state index contributed by atoms with van der Waals surface area (Å²) in [5.74, 6) is 1.56. The smallest absolute Gasteiger partial charge is 0.150 e. The van der Waals surface area contributed by atoms with Crippen LogP contribution in [0.3, 0.4) is 0 Å². The summed E-state index contributed by atoms with van der Waals surface area (Å²) in [5.41, 5.74) is 7.63. The highest BCUT2D eigenvalue weighted by Gasteiger charge is 2.10. The van der Waals surface area contributed by atoms with Gasteiger partial charge in [0.15, 0.2) is 0 Å². The van der Waals surface area contributed by atoms with E-state index in [1.807, 2.05) is 19.9 Å². The van der Waals surface area contributed by atoms with Crippen LogP contribution in [0, 0.1) is 6.92 Å². The van der Waals surface area contributed by atoms with Crippen LogP contribution in [0.2, 0.25) is 0 Å². The first-order chi connectivity index (χ1) is 7.68. The van der Waals surface area contributed by atoms with Crippen LogP contribution < -0.4 is 11.1 Å². The zero-order valence-corrected chi connectivity index (χ0v) is 9.36. The molecule has 4 N–H and O–H groups in total. The van der Waals surface area contributed by atoms with Crippen molar-refractivity contribution in [2.24, 2.45) is 0 Å². The quantitative estimate of drug-likeness (QED) is 0.733.